The van der Waals surface area contributed by atoms with Crippen molar-refractivity contribution in [3.8, 4) is 0 Å². The summed E-state index contributed by atoms with van der Waals surface area (Å²) >= 11 is 6.01. The van der Waals surface area contributed by atoms with E-state index in [1.165, 1.54) is 11.6 Å². The molecule has 4 nitrogen and oxygen atoms in total. The molecule has 0 aromatic heterocycles. The van der Waals surface area contributed by atoms with Gasteiger partial charge in [-0.3, -0.25) is 4.79 Å². The summed E-state index contributed by atoms with van der Waals surface area (Å²) in [4.78, 5) is 23.6. The molecule has 0 radical (unpaired) electrons. The normalized spacial score (nSPS) is 11.0. The van der Waals surface area contributed by atoms with Gasteiger partial charge in [-0.15, -0.1) is 0 Å². The minimum Gasteiger partial charge on any atom is -0.452 e. The van der Waals surface area contributed by atoms with Crippen LogP contribution in [0.25, 0.3) is 6.08 Å². The number of carbonyl (C=O) groups excluding carboxylic acids is 2. The van der Waals surface area contributed by atoms with Gasteiger partial charge < -0.3 is 10.1 Å². The van der Waals surface area contributed by atoms with Gasteiger partial charge in [0, 0.05) is 16.8 Å². The summed E-state index contributed by atoms with van der Waals surface area (Å²) in [6.45, 7) is 5.76. The van der Waals surface area contributed by atoms with E-state index in [-0.39, 0.29) is 6.61 Å². The number of esters is 1. The quantitative estimate of drug-likeness (QED) is 0.576. The number of benzene rings is 2. The molecule has 0 saturated carbocycles. The van der Waals surface area contributed by atoms with Crippen LogP contribution in [0.4, 0.5) is 5.69 Å². The number of halogens is 1. The number of hydrogen-bond acceptors (Lipinski definition) is 3. The molecular weight excluding hydrogens is 350 g/mol. The maximum atomic E-state index is 11.8. The van der Waals surface area contributed by atoms with Gasteiger partial charge in [0.25, 0.3) is 5.91 Å². The molecule has 0 spiro atoms. The number of hydrogen-bond donors (Lipinski definition) is 1. The number of rotatable bonds is 6. The molecule has 0 heterocycles. The standard InChI is InChI=1S/C21H22ClNO3/c1-14(2)17-8-5-16(6-9-17)7-11-21(25)26-13-20(24)23-18-10-4-15(3)19(22)12-18/h4-12,14H,13H2,1-3H3,(H,23,24)/b11-7+. The van der Waals surface area contributed by atoms with Gasteiger partial charge >= 0.3 is 5.97 Å². The van der Waals surface area contributed by atoms with Crippen LogP contribution in [0.1, 0.15) is 36.5 Å². The van der Waals surface area contributed by atoms with Crippen LogP contribution in [0.2, 0.25) is 5.02 Å². The summed E-state index contributed by atoms with van der Waals surface area (Å²) < 4.78 is 4.94. The molecule has 0 aliphatic rings. The van der Waals surface area contributed by atoms with E-state index in [1.54, 1.807) is 24.3 Å². The van der Waals surface area contributed by atoms with E-state index in [9.17, 15) is 9.59 Å². The fraction of sp³-hybridized carbons (Fsp3) is 0.238. The lowest BCUT2D eigenvalue weighted by molar-refractivity contribution is -0.142. The zero-order valence-corrected chi connectivity index (χ0v) is 15.8. The Kier molecular flexibility index (Phi) is 6.98. The van der Waals surface area contributed by atoms with E-state index < -0.39 is 11.9 Å². The van der Waals surface area contributed by atoms with Crippen molar-refractivity contribution in [2.45, 2.75) is 26.7 Å². The second-order valence-electron chi connectivity index (χ2n) is 6.27. The molecule has 0 saturated heterocycles. The van der Waals surface area contributed by atoms with Gasteiger partial charge in [-0.25, -0.2) is 4.79 Å². The second kappa shape index (κ2) is 9.20. The maximum absolute atomic E-state index is 11.8. The number of ether oxygens (including phenoxy) is 1. The van der Waals surface area contributed by atoms with E-state index in [0.717, 1.165) is 11.1 Å². The number of amides is 1. The third kappa shape index (κ3) is 6.05. The van der Waals surface area contributed by atoms with Crippen molar-refractivity contribution in [2.24, 2.45) is 0 Å². The molecule has 0 fully saturated rings. The molecule has 2 aromatic rings. The summed E-state index contributed by atoms with van der Waals surface area (Å²) in [5.41, 5.74) is 3.60. The average Bonchev–Trinajstić information content (AvgIpc) is 2.61. The van der Waals surface area contributed by atoms with Crippen LogP contribution in [0, 0.1) is 6.92 Å². The van der Waals surface area contributed by atoms with Crippen LogP contribution in [0.15, 0.2) is 48.5 Å². The van der Waals surface area contributed by atoms with Crippen LogP contribution in [0.3, 0.4) is 0 Å². The first-order valence-electron chi connectivity index (χ1n) is 8.36. The molecule has 26 heavy (non-hydrogen) atoms. The lowest BCUT2D eigenvalue weighted by Gasteiger charge is -2.07. The Balaban J connectivity index is 1.81. The zero-order chi connectivity index (χ0) is 19.1. The topological polar surface area (TPSA) is 55.4 Å². The lowest BCUT2D eigenvalue weighted by Crippen LogP contribution is -2.20. The van der Waals surface area contributed by atoms with Crippen molar-refractivity contribution in [2.75, 3.05) is 11.9 Å². The molecule has 1 N–H and O–H groups in total. The predicted octanol–water partition coefficient (Wildman–Crippen LogP) is 4.97. The molecule has 2 rings (SSSR count). The highest BCUT2D eigenvalue weighted by Crippen LogP contribution is 2.20. The highest BCUT2D eigenvalue weighted by atomic mass is 35.5. The van der Waals surface area contributed by atoms with Crippen molar-refractivity contribution in [3.05, 3.63) is 70.3 Å². The summed E-state index contributed by atoms with van der Waals surface area (Å²) in [6, 6.07) is 13.1. The maximum Gasteiger partial charge on any atom is 0.331 e. The van der Waals surface area contributed by atoms with E-state index >= 15 is 0 Å². The third-order valence-electron chi connectivity index (χ3n) is 3.82. The van der Waals surface area contributed by atoms with Crippen molar-refractivity contribution < 1.29 is 14.3 Å². The largest absolute Gasteiger partial charge is 0.452 e. The van der Waals surface area contributed by atoms with Gasteiger partial charge in [-0.1, -0.05) is 55.8 Å². The lowest BCUT2D eigenvalue weighted by atomic mass is 10.0. The summed E-state index contributed by atoms with van der Waals surface area (Å²) in [6.07, 6.45) is 2.96. The van der Waals surface area contributed by atoms with Gasteiger partial charge in [0.2, 0.25) is 0 Å². The molecule has 5 heteroatoms. The van der Waals surface area contributed by atoms with Gasteiger partial charge in [0.15, 0.2) is 6.61 Å². The Morgan fingerprint density at radius 3 is 2.46 bits per heavy atom. The molecule has 0 aliphatic carbocycles. The van der Waals surface area contributed by atoms with Crippen molar-refractivity contribution in [1.82, 2.24) is 0 Å². The monoisotopic (exact) mass is 371 g/mol. The van der Waals surface area contributed by atoms with Gasteiger partial charge in [-0.05, 0) is 47.7 Å². The Morgan fingerprint density at radius 2 is 1.85 bits per heavy atom. The van der Waals surface area contributed by atoms with Crippen LogP contribution in [-0.4, -0.2) is 18.5 Å². The molecule has 1 amide bonds. The van der Waals surface area contributed by atoms with E-state index in [4.69, 9.17) is 16.3 Å². The molecular formula is C21H22ClNO3. The Morgan fingerprint density at radius 1 is 1.15 bits per heavy atom. The fourth-order valence-corrected chi connectivity index (χ4v) is 2.39. The first-order valence-corrected chi connectivity index (χ1v) is 8.74. The Labute approximate surface area is 158 Å². The van der Waals surface area contributed by atoms with Crippen LogP contribution < -0.4 is 5.32 Å². The molecule has 0 aliphatic heterocycles. The van der Waals surface area contributed by atoms with Crippen LogP contribution >= 0.6 is 11.6 Å². The van der Waals surface area contributed by atoms with Crippen molar-refractivity contribution in [1.29, 1.82) is 0 Å². The SMILES string of the molecule is Cc1ccc(NC(=O)COC(=O)/C=C/c2ccc(C(C)C)cc2)cc1Cl. The first-order chi connectivity index (χ1) is 12.3. The predicted molar refractivity (Wildman–Crippen MR) is 105 cm³/mol. The van der Waals surface area contributed by atoms with Gasteiger partial charge in [-0.2, -0.15) is 0 Å². The minimum atomic E-state index is -0.574. The van der Waals surface area contributed by atoms with E-state index in [2.05, 4.69) is 19.2 Å². The second-order valence-corrected chi connectivity index (χ2v) is 6.68. The third-order valence-corrected chi connectivity index (χ3v) is 4.22. The van der Waals surface area contributed by atoms with E-state index in [1.807, 2.05) is 31.2 Å². The number of aryl methyl sites for hydroxylation is 1. The summed E-state index contributed by atoms with van der Waals surface area (Å²) in [7, 11) is 0. The molecule has 0 unspecified atom stereocenters. The summed E-state index contributed by atoms with van der Waals surface area (Å²) in [5, 5.41) is 3.19. The number of nitrogens with one attached hydrogen (secondary N) is 1. The van der Waals surface area contributed by atoms with Crippen molar-refractivity contribution in [3.63, 3.8) is 0 Å². The van der Waals surface area contributed by atoms with Gasteiger partial charge in [0.1, 0.15) is 0 Å². The van der Waals surface area contributed by atoms with Crippen molar-refractivity contribution >= 4 is 35.2 Å². The fourth-order valence-electron chi connectivity index (χ4n) is 2.21. The smallest absolute Gasteiger partial charge is 0.331 e. The number of anilines is 1. The Hall–Kier alpha value is -2.59. The molecule has 0 bridgehead atoms. The first kappa shape index (κ1) is 19.7. The van der Waals surface area contributed by atoms with Crippen LogP contribution in [0.5, 0.6) is 0 Å². The van der Waals surface area contributed by atoms with Gasteiger partial charge in [0.05, 0.1) is 0 Å². The van der Waals surface area contributed by atoms with E-state index in [0.29, 0.717) is 16.6 Å². The van der Waals surface area contributed by atoms with Crippen LogP contribution in [-0.2, 0) is 14.3 Å². The number of carbonyl (C=O) groups is 2. The highest BCUT2D eigenvalue weighted by Gasteiger charge is 2.07. The summed E-state index contributed by atoms with van der Waals surface area (Å²) in [5.74, 6) is -0.539. The molecule has 0 atom stereocenters. The highest BCUT2D eigenvalue weighted by molar-refractivity contribution is 6.31. The Bertz CT molecular complexity index is 811. The minimum absolute atomic E-state index is 0.360. The molecule has 136 valence electrons. The molecule has 2 aromatic carbocycles. The average molecular weight is 372 g/mol. The zero-order valence-electron chi connectivity index (χ0n) is 15.1.